The van der Waals surface area contributed by atoms with Crippen LogP contribution in [0.5, 0.6) is 0 Å². The zero-order chi connectivity index (χ0) is 17.7. The molecule has 0 aromatic rings. The molecule has 6 rings (SSSR count). The van der Waals surface area contributed by atoms with Crippen LogP contribution < -0.4 is 0 Å². The molecular weight excluding hydrogens is 312 g/mol. The van der Waals surface area contributed by atoms with Gasteiger partial charge in [-0.25, -0.2) is 0 Å². The van der Waals surface area contributed by atoms with Crippen LogP contribution in [-0.4, -0.2) is 0 Å². The zero-order valence-electron chi connectivity index (χ0n) is 17.2. The van der Waals surface area contributed by atoms with Gasteiger partial charge in [-0.05, 0) is 75.5 Å². The lowest BCUT2D eigenvalue weighted by Crippen LogP contribution is -2.35. The predicted octanol–water partition coefficient (Wildman–Crippen LogP) is 8.48. The Morgan fingerprint density at radius 2 is 1.31 bits per heavy atom. The molecule has 145 valence electrons. The lowest BCUT2D eigenvalue weighted by molar-refractivity contribution is 0.140. The van der Waals surface area contributed by atoms with Gasteiger partial charge in [0.15, 0.2) is 0 Å². The van der Waals surface area contributed by atoms with E-state index in [1.165, 1.54) is 122 Å². The van der Waals surface area contributed by atoms with Crippen molar-refractivity contribution in [2.45, 2.75) is 122 Å². The molecule has 0 heteroatoms. The summed E-state index contributed by atoms with van der Waals surface area (Å²) in [7, 11) is 0. The average molecular weight is 354 g/mol. The molecule has 0 saturated heterocycles. The maximum Gasteiger partial charge on any atom is 0.00704 e. The number of allylic oxidation sites excluding steroid dienone is 4. The number of hydrogen-bond acceptors (Lipinski definition) is 0. The van der Waals surface area contributed by atoms with E-state index in [1.54, 1.807) is 11.1 Å². The molecule has 0 aliphatic heterocycles. The summed E-state index contributed by atoms with van der Waals surface area (Å²) in [6.45, 7) is 0. The van der Waals surface area contributed by atoms with Crippen molar-refractivity contribution >= 4 is 0 Å². The Hall–Kier alpha value is -0.520. The summed E-state index contributed by atoms with van der Waals surface area (Å²) in [4.78, 5) is 0. The smallest absolute Gasteiger partial charge is 0.00704 e. The third-order valence-electron chi connectivity index (χ3n) is 8.27. The molecule has 4 fully saturated rings. The van der Waals surface area contributed by atoms with Crippen LogP contribution in [0.4, 0.5) is 0 Å². The second-order valence-corrected chi connectivity index (χ2v) is 9.94. The van der Waals surface area contributed by atoms with Gasteiger partial charge in [0.1, 0.15) is 0 Å². The van der Waals surface area contributed by atoms with Crippen molar-refractivity contribution in [1.29, 1.82) is 0 Å². The first-order valence-corrected chi connectivity index (χ1v) is 12.1. The van der Waals surface area contributed by atoms with Gasteiger partial charge in [0.25, 0.3) is 0 Å². The van der Waals surface area contributed by atoms with Crippen molar-refractivity contribution in [3.05, 3.63) is 29.2 Å². The maximum absolute atomic E-state index is 2.57. The maximum atomic E-state index is 2.57. The number of fused-ring (bicyclic) bond motifs is 16. The minimum absolute atomic E-state index is 0.589. The van der Waals surface area contributed by atoms with Gasteiger partial charge in [0.2, 0.25) is 0 Å². The fourth-order valence-corrected chi connectivity index (χ4v) is 6.56. The Balaban J connectivity index is 1.58. The van der Waals surface area contributed by atoms with Crippen molar-refractivity contribution in [2.75, 3.05) is 0 Å². The van der Waals surface area contributed by atoms with Crippen LogP contribution in [0, 0.1) is 17.3 Å². The third kappa shape index (κ3) is 4.48. The van der Waals surface area contributed by atoms with Crippen LogP contribution in [-0.2, 0) is 0 Å². The first-order valence-electron chi connectivity index (χ1n) is 12.1. The molecule has 4 saturated carbocycles. The molecule has 0 heterocycles. The molecule has 0 atom stereocenters. The van der Waals surface area contributed by atoms with Crippen molar-refractivity contribution in [1.82, 2.24) is 0 Å². The van der Waals surface area contributed by atoms with Gasteiger partial charge in [-0.3, -0.25) is 0 Å². The molecule has 0 aromatic heterocycles. The highest BCUT2D eigenvalue weighted by Crippen LogP contribution is 2.55. The summed E-state index contributed by atoms with van der Waals surface area (Å²) in [5.74, 6) is 3.00. The molecule has 1 radical (unpaired) electrons. The average Bonchev–Trinajstić information content (AvgIpc) is 2.81. The monoisotopic (exact) mass is 353 g/mol. The van der Waals surface area contributed by atoms with E-state index in [9.17, 15) is 0 Å². The van der Waals surface area contributed by atoms with E-state index in [2.05, 4.69) is 12.2 Å². The van der Waals surface area contributed by atoms with Crippen LogP contribution in [0.15, 0.2) is 23.3 Å². The minimum Gasteiger partial charge on any atom is -0.0699 e. The van der Waals surface area contributed by atoms with Crippen LogP contribution in [0.25, 0.3) is 0 Å². The van der Waals surface area contributed by atoms with E-state index in [4.69, 9.17) is 0 Å². The second kappa shape index (κ2) is 9.11. The van der Waals surface area contributed by atoms with E-state index >= 15 is 0 Å². The van der Waals surface area contributed by atoms with Crippen molar-refractivity contribution in [2.24, 2.45) is 11.3 Å². The van der Waals surface area contributed by atoms with E-state index in [0.29, 0.717) is 5.41 Å². The van der Waals surface area contributed by atoms with Gasteiger partial charge in [0, 0.05) is 5.92 Å². The van der Waals surface area contributed by atoms with Gasteiger partial charge in [-0.2, -0.15) is 0 Å². The first kappa shape index (κ1) is 18.8. The third-order valence-corrected chi connectivity index (χ3v) is 8.27. The molecule has 0 unspecified atom stereocenters. The highest BCUT2D eigenvalue weighted by Gasteiger charge is 2.43. The summed E-state index contributed by atoms with van der Waals surface area (Å²) in [6.07, 6.45) is 33.0. The molecule has 6 aliphatic carbocycles. The highest BCUT2D eigenvalue weighted by atomic mass is 14.5. The predicted molar refractivity (Wildman–Crippen MR) is 113 cm³/mol. The van der Waals surface area contributed by atoms with Crippen LogP contribution in [0.2, 0.25) is 0 Å². The van der Waals surface area contributed by atoms with Crippen LogP contribution in [0.3, 0.4) is 0 Å². The SMILES string of the molecule is C1=C2CCCCCC[C](C34CCCCCCCC(CC3)CC4)C(=C1)CC2. The standard InChI is InChI=1S/C26H41/c1-2-6-11-23-17-20-26(21-18-23,19-9-5-1)25-12-8-4-3-7-10-22-13-15-24(25)16-14-22/h13,15,23H,1-12,14,16-21H2. The van der Waals surface area contributed by atoms with Crippen molar-refractivity contribution in [3.63, 3.8) is 0 Å². The Morgan fingerprint density at radius 3 is 2.12 bits per heavy atom. The second-order valence-electron chi connectivity index (χ2n) is 9.94. The van der Waals surface area contributed by atoms with Gasteiger partial charge in [-0.15, -0.1) is 0 Å². The van der Waals surface area contributed by atoms with Crippen LogP contribution >= 0.6 is 0 Å². The molecule has 0 spiro atoms. The molecule has 0 nitrogen and oxygen atoms in total. The molecule has 0 aromatic carbocycles. The molecule has 4 bridgehead atoms. The Bertz CT molecular complexity index is 495. The normalized spacial score (nSPS) is 35.2. The summed E-state index contributed by atoms with van der Waals surface area (Å²) < 4.78 is 0. The minimum atomic E-state index is 0.589. The summed E-state index contributed by atoms with van der Waals surface area (Å²) in [6, 6.07) is 0. The van der Waals surface area contributed by atoms with Crippen LogP contribution in [0.1, 0.15) is 122 Å². The summed E-state index contributed by atoms with van der Waals surface area (Å²) in [5, 5.41) is 0. The Kier molecular flexibility index (Phi) is 6.60. The lowest BCUT2D eigenvalue weighted by atomic mass is 9.57. The molecule has 6 aliphatic rings. The van der Waals surface area contributed by atoms with Crippen molar-refractivity contribution < 1.29 is 0 Å². The molecular formula is C26H41. The lowest BCUT2D eigenvalue weighted by Gasteiger charge is -2.47. The first-order chi connectivity index (χ1) is 12.9. The summed E-state index contributed by atoms with van der Waals surface area (Å²) in [5.41, 5.74) is 4.11. The van der Waals surface area contributed by atoms with Gasteiger partial charge < -0.3 is 0 Å². The zero-order valence-corrected chi connectivity index (χ0v) is 17.2. The van der Waals surface area contributed by atoms with E-state index in [0.717, 1.165) is 5.92 Å². The topological polar surface area (TPSA) is 0 Å². The molecule has 0 N–H and O–H groups in total. The Labute approximate surface area is 162 Å². The fourth-order valence-electron chi connectivity index (χ4n) is 6.56. The van der Waals surface area contributed by atoms with E-state index in [-0.39, 0.29) is 0 Å². The number of rotatable bonds is 1. The number of hydrogen-bond donors (Lipinski definition) is 0. The highest BCUT2D eigenvalue weighted by molar-refractivity contribution is 5.38. The largest absolute Gasteiger partial charge is 0.0699 e. The van der Waals surface area contributed by atoms with Gasteiger partial charge in [0.05, 0.1) is 0 Å². The Morgan fingerprint density at radius 1 is 0.577 bits per heavy atom. The quantitative estimate of drug-likeness (QED) is 0.443. The molecule has 26 heavy (non-hydrogen) atoms. The van der Waals surface area contributed by atoms with Gasteiger partial charge >= 0.3 is 0 Å². The summed E-state index contributed by atoms with van der Waals surface area (Å²) >= 11 is 0. The molecule has 0 amide bonds. The van der Waals surface area contributed by atoms with Gasteiger partial charge in [-0.1, -0.05) is 81.1 Å². The van der Waals surface area contributed by atoms with E-state index < -0.39 is 0 Å². The van der Waals surface area contributed by atoms with Crippen molar-refractivity contribution in [3.8, 4) is 0 Å². The fraction of sp³-hybridized carbons (Fsp3) is 0.808. The van der Waals surface area contributed by atoms with E-state index in [1.807, 2.05) is 5.92 Å².